The largest absolute Gasteiger partial charge is 0.399 e. The normalized spacial score (nSPS) is 16.7. The summed E-state index contributed by atoms with van der Waals surface area (Å²) in [6.07, 6.45) is 2.34. The van der Waals surface area contributed by atoms with Crippen LogP contribution in [0.1, 0.15) is 25.3 Å². The Hall–Kier alpha value is -1.62. The van der Waals surface area contributed by atoms with Crippen molar-refractivity contribution in [1.82, 2.24) is 9.62 Å². The summed E-state index contributed by atoms with van der Waals surface area (Å²) in [5.41, 5.74) is 6.00. The number of rotatable bonds is 6. The molecule has 21 heavy (non-hydrogen) atoms. The minimum atomic E-state index is -3.71. The molecule has 1 aromatic carbocycles. The lowest BCUT2D eigenvalue weighted by Crippen LogP contribution is -2.41. The predicted octanol–water partition coefficient (Wildman–Crippen LogP) is 0.901. The number of likely N-dealkylation sites (N-methyl/N-ethyl adjacent to an activating group) is 1. The first-order valence-electron chi connectivity index (χ1n) is 6.86. The Morgan fingerprint density at radius 1 is 1.52 bits per heavy atom. The Labute approximate surface area is 125 Å². The van der Waals surface area contributed by atoms with Crippen LogP contribution in [0.2, 0.25) is 0 Å². The molecule has 114 valence electrons. The molecule has 1 aliphatic carbocycles. The Morgan fingerprint density at radius 2 is 2.19 bits per heavy atom. The molecule has 1 aromatic rings. The van der Waals surface area contributed by atoms with Crippen LogP contribution in [0.4, 0.5) is 5.69 Å². The van der Waals surface area contributed by atoms with Gasteiger partial charge in [0.2, 0.25) is 10.0 Å². The van der Waals surface area contributed by atoms with Crippen molar-refractivity contribution < 1.29 is 8.42 Å². The van der Waals surface area contributed by atoms with Crippen molar-refractivity contribution in [3.63, 3.8) is 0 Å². The van der Waals surface area contributed by atoms with Gasteiger partial charge in [-0.3, -0.25) is 4.90 Å². The van der Waals surface area contributed by atoms with Gasteiger partial charge in [-0.05, 0) is 45.0 Å². The summed E-state index contributed by atoms with van der Waals surface area (Å²) >= 11 is 0. The molecular weight excluding hydrogens is 288 g/mol. The van der Waals surface area contributed by atoms with E-state index in [0.717, 1.165) is 0 Å². The van der Waals surface area contributed by atoms with Crippen LogP contribution in [0.5, 0.6) is 0 Å². The molecule has 0 amide bonds. The summed E-state index contributed by atoms with van der Waals surface area (Å²) in [6, 6.07) is 6.76. The van der Waals surface area contributed by atoms with Gasteiger partial charge in [-0.15, -0.1) is 0 Å². The van der Waals surface area contributed by atoms with Crippen LogP contribution < -0.4 is 10.5 Å². The number of nitrogens with one attached hydrogen (secondary N) is 1. The molecule has 0 radical (unpaired) electrons. The van der Waals surface area contributed by atoms with E-state index in [-0.39, 0.29) is 16.5 Å². The molecule has 0 aromatic heterocycles. The van der Waals surface area contributed by atoms with E-state index in [2.05, 4.69) is 9.62 Å². The maximum Gasteiger partial charge on any atom is 0.241 e. The first kappa shape index (κ1) is 15.8. The van der Waals surface area contributed by atoms with Gasteiger partial charge in [0.05, 0.1) is 10.5 Å². The zero-order chi connectivity index (χ0) is 15.6. The molecule has 1 unspecified atom stereocenters. The van der Waals surface area contributed by atoms with Gasteiger partial charge in [-0.2, -0.15) is 5.26 Å². The summed E-state index contributed by atoms with van der Waals surface area (Å²) in [6.45, 7) is 2.29. The van der Waals surface area contributed by atoms with Crippen LogP contribution in [0.3, 0.4) is 0 Å². The van der Waals surface area contributed by atoms with Crippen molar-refractivity contribution in [2.75, 3.05) is 19.3 Å². The van der Waals surface area contributed by atoms with Crippen molar-refractivity contribution in [2.24, 2.45) is 0 Å². The van der Waals surface area contributed by atoms with E-state index in [1.807, 2.05) is 20.0 Å². The third kappa shape index (κ3) is 3.73. The SMILES string of the molecule is CC(CNS(=O)(=O)c1ccc(N)cc1C#N)N(C)C1CC1. The average Bonchev–Trinajstić information content (AvgIpc) is 3.28. The number of nitrogens with zero attached hydrogens (tertiary/aromatic N) is 2. The molecule has 1 atom stereocenters. The van der Waals surface area contributed by atoms with Crippen LogP contribution in [0, 0.1) is 11.3 Å². The third-order valence-electron chi connectivity index (χ3n) is 3.80. The fourth-order valence-corrected chi connectivity index (χ4v) is 3.42. The fourth-order valence-electron chi connectivity index (χ4n) is 2.16. The zero-order valence-electron chi connectivity index (χ0n) is 12.2. The number of nitriles is 1. The standard InChI is InChI=1S/C14H20N4O2S/c1-10(18(2)13-4-5-13)9-17-21(19,20)14-6-3-12(16)7-11(14)8-15/h3,6-7,10,13,17H,4-5,9,16H2,1-2H3. The zero-order valence-corrected chi connectivity index (χ0v) is 13.0. The Morgan fingerprint density at radius 3 is 2.76 bits per heavy atom. The van der Waals surface area contributed by atoms with E-state index < -0.39 is 10.0 Å². The topological polar surface area (TPSA) is 99.2 Å². The van der Waals surface area contributed by atoms with Gasteiger partial charge < -0.3 is 5.73 Å². The second-order valence-electron chi connectivity index (χ2n) is 5.46. The molecular formula is C14H20N4O2S. The van der Waals surface area contributed by atoms with Crippen LogP contribution in [-0.4, -0.2) is 39.0 Å². The number of anilines is 1. The molecule has 6 nitrogen and oxygen atoms in total. The first-order chi connectivity index (χ1) is 9.85. The van der Waals surface area contributed by atoms with Crippen LogP contribution >= 0.6 is 0 Å². The van der Waals surface area contributed by atoms with E-state index >= 15 is 0 Å². The Balaban J connectivity index is 2.10. The molecule has 1 fully saturated rings. The number of nitrogen functional groups attached to an aromatic ring is 1. The smallest absolute Gasteiger partial charge is 0.241 e. The van der Waals surface area contributed by atoms with Crippen LogP contribution in [0.15, 0.2) is 23.1 Å². The lowest BCUT2D eigenvalue weighted by atomic mass is 10.2. The van der Waals surface area contributed by atoms with Gasteiger partial charge in [0, 0.05) is 24.3 Å². The fraction of sp³-hybridized carbons (Fsp3) is 0.500. The second-order valence-corrected chi connectivity index (χ2v) is 7.20. The van der Waals surface area contributed by atoms with Gasteiger partial charge in [-0.25, -0.2) is 13.1 Å². The highest BCUT2D eigenvalue weighted by Gasteiger charge is 2.30. The molecule has 3 N–H and O–H groups in total. The summed E-state index contributed by atoms with van der Waals surface area (Å²) in [5.74, 6) is 0. The van der Waals surface area contributed by atoms with Crippen LogP contribution in [0.25, 0.3) is 0 Å². The average molecular weight is 308 g/mol. The number of sulfonamides is 1. The van der Waals surface area contributed by atoms with E-state index in [4.69, 9.17) is 11.0 Å². The molecule has 0 aliphatic heterocycles. The quantitative estimate of drug-likeness (QED) is 0.761. The third-order valence-corrected chi connectivity index (χ3v) is 5.28. The number of hydrogen-bond acceptors (Lipinski definition) is 5. The summed E-state index contributed by atoms with van der Waals surface area (Å²) in [4.78, 5) is 2.15. The highest BCUT2D eigenvalue weighted by atomic mass is 32.2. The summed E-state index contributed by atoms with van der Waals surface area (Å²) in [7, 11) is -1.71. The summed E-state index contributed by atoms with van der Waals surface area (Å²) < 4.78 is 27.2. The first-order valence-corrected chi connectivity index (χ1v) is 8.34. The number of benzene rings is 1. The van der Waals surface area contributed by atoms with E-state index in [9.17, 15) is 8.42 Å². The molecule has 0 bridgehead atoms. The Bertz CT molecular complexity index is 662. The lowest BCUT2D eigenvalue weighted by Gasteiger charge is -2.24. The maximum atomic E-state index is 12.3. The molecule has 0 heterocycles. The van der Waals surface area contributed by atoms with Gasteiger partial charge in [0.1, 0.15) is 6.07 Å². The van der Waals surface area contributed by atoms with E-state index in [1.54, 1.807) is 0 Å². The molecule has 0 saturated heterocycles. The molecule has 1 aliphatic rings. The Kier molecular flexibility index (Phi) is 4.52. The van der Waals surface area contributed by atoms with E-state index in [1.165, 1.54) is 31.0 Å². The van der Waals surface area contributed by atoms with Crippen molar-refractivity contribution >= 4 is 15.7 Å². The highest BCUT2D eigenvalue weighted by molar-refractivity contribution is 7.89. The molecule has 2 rings (SSSR count). The van der Waals surface area contributed by atoms with Gasteiger partial charge in [-0.1, -0.05) is 0 Å². The van der Waals surface area contributed by atoms with Crippen LogP contribution in [-0.2, 0) is 10.0 Å². The maximum absolute atomic E-state index is 12.3. The van der Waals surface area contributed by atoms with Crippen molar-refractivity contribution in [3.8, 4) is 6.07 Å². The monoisotopic (exact) mass is 308 g/mol. The number of hydrogen-bond donors (Lipinski definition) is 2. The van der Waals surface area contributed by atoms with Crippen molar-refractivity contribution in [3.05, 3.63) is 23.8 Å². The van der Waals surface area contributed by atoms with Gasteiger partial charge >= 0.3 is 0 Å². The number of nitrogens with two attached hydrogens (primary N) is 1. The second kappa shape index (κ2) is 6.02. The van der Waals surface area contributed by atoms with Gasteiger partial charge in [0.15, 0.2) is 0 Å². The van der Waals surface area contributed by atoms with E-state index in [0.29, 0.717) is 18.3 Å². The van der Waals surface area contributed by atoms with Crippen molar-refractivity contribution in [2.45, 2.75) is 36.7 Å². The highest BCUT2D eigenvalue weighted by Crippen LogP contribution is 2.27. The lowest BCUT2D eigenvalue weighted by molar-refractivity contribution is 0.248. The predicted molar refractivity (Wildman–Crippen MR) is 81.0 cm³/mol. The van der Waals surface area contributed by atoms with Crippen molar-refractivity contribution in [1.29, 1.82) is 5.26 Å². The molecule has 0 spiro atoms. The minimum Gasteiger partial charge on any atom is -0.399 e. The minimum absolute atomic E-state index is 0.0273. The molecule has 1 saturated carbocycles. The summed E-state index contributed by atoms with van der Waals surface area (Å²) in [5, 5.41) is 9.05. The van der Waals surface area contributed by atoms with Gasteiger partial charge in [0.25, 0.3) is 0 Å². The molecule has 7 heteroatoms.